The van der Waals surface area contributed by atoms with Crippen LogP contribution >= 0.6 is 0 Å². The molecule has 1 heterocycles. The van der Waals surface area contributed by atoms with Crippen LogP contribution in [0.4, 0.5) is 0 Å². The van der Waals surface area contributed by atoms with Crippen molar-refractivity contribution in [3.8, 4) is 0 Å². The molecule has 0 saturated carbocycles. The molecule has 0 radical (unpaired) electrons. The number of benzene rings is 1. The van der Waals surface area contributed by atoms with Gasteiger partial charge in [-0.05, 0) is 31.4 Å². The molecular weight excluding hydrogens is 292 g/mol. The van der Waals surface area contributed by atoms with Gasteiger partial charge in [-0.15, -0.1) is 0 Å². The lowest BCUT2D eigenvalue weighted by atomic mass is 9.94. The van der Waals surface area contributed by atoms with Crippen molar-refractivity contribution in [1.82, 2.24) is 15.5 Å². The van der Waals surface area contributed by atoms with Gasteiger partial charge in [0, 0.05) is 25.2 Å². The smallest absolute Gasteiger partial charge is 0.239 e. The number of hydrogen-bond acceptors (Lipinski definition) is 4. The van der Waals surface area contributed by atoms with E-state index in [9.17, 15) is 9.59 Å². The molecule has 23 heavy (non-hydrogen) atoms. The van der Waals surface area contributed by atoms with Gasteiger partial charge in [0.05, 0.1) is 13.1 Å². The Balaban J connectivity index is 1.85. The molecule has 1 aromatic rings. The Hall–Kier alpha value is -1.92. The number of nitrogens with one attached hydrogen (secondary N) is 2. The molecule has 126 valence electrons. The van der Waals surface area contributed by atoms with Gasteiger partial charge < -0.3 is 16.4 Å². The lowest BCUT2D eigenvalue weighted by Crippen LogP contribution is -2.54. The summed E-state index contributed by atoms with van der Waals surface area (Å²) in [6, 6.07) is 8.49. The molecule has 1 aliphatic rings. The number of nitrogens with zero attached hydrogens (tertiary/aromatic N) is 1. The molecule has 6 nitrogen and oxygen atoms in total. The maximum absolute atomic E-state index is 11.8. The summed E-state index contributed by atoms with van der Waals surface area (Å²) < 4.78 is 0. The monoisotopic (exact) mass is 318 g/mol. The van der Waals surface area contributed by atoms with Crippen molar-refractivity contribution < 1.29 is 9.59 Å². The van der Waals surface area contributed by atoms with Crippen LogP contribution in [0, 0.1) is 0 Å². The van der Waals surface area contributed by atoms with Crippen LogP contribution in [0.5, 0.6) is 0 Å². The standard InChI is InChI=1S/C17H26N4O2/c1-17(2,12-20-16(23)10-19-15(22)9-18)21-8-7-13-5-3-4-6-14(13)11-21/h3-6H,7-12,18H2,1-2H3,(H,19,22)(H,20,23). The van der Waals surface area contributed by atoms with E-state index in [0.717, 1.165) is 19.5 Å². The Morgan fingerprint density at radius 3 is 2.57 bits per heavy atom. The van der Waals surface area contributed by atoms with E-state index in [2.05, 4.69) is 53.6 Å². The minimum absolute atomic E-state index is 0.0328. The van der Waals surface area contributed by atoms with Gasteiger partial charge in [0.1, 0.15) is 0 Å². The minimum Gasteiger partial charge on any atom is -0.353 e. The highest BCUT2D eigenvalue weighted by atomic mass is 16.2. The summed E-state index contributed by atoms with van der Waals surface area (Å²) in [5, 5.41) is 5.36. The molecule has 0 unspecified atom stereocenters. The van der Waals surface area contributed by atoms with E-state index in [1.807, 2.05) is 0 Å². The van der Waals surface area contributed by atoms with Gasteiger partial charge in [-0.2, -0.15) is 0 Å². The molecule has 2 amide bonds. The molecule has 1 aromatic carbocycles. The topological polar surface area (TPSA) is 87.5 Å². The van der Waals surface area contributed by atoms with Crippen molar-refractivity contribution in [1.29, 1.82) is 0 Å². The van der Waals surface area contributed by atoms with Crippen LogP contribution < -0.4 is 16.4 Å². The second-order valence-corrected chi connectivity index (χ2v) is 6.51. The van der Waals surface area contributed by atoms with E-state index in [0.29, 0.717) is 6.54 Å². The quantitative estimate of drug-likeness (QED) is 0.690. The highest BCUT2D eigenvalue weighted by Crippen LogP contribution is 2.24. The van der Waals surface area contributed by atoms with Crippen LogP contribution in [0.2, 0.25) is 0 Å². The molecular formula is C17H26N4O2. The Morgan fingerprint density at radius 1 is 1.17 bits per heavy atom. The number of hydrogen-bond donors (Lipinski definition) is 3. The first-order valence-electron chi connectivity index (χ1n) is 7.97. The summed E-state index contributed by atoms with van der Waals surface area (Å²) in [6.07, 6.45) is 1.03. The second-order valence-electron chi connectivity index (χ2n) is 6.51. The molecule has 0 spiro atoms. The minimum atomic E-state index is -0.327. The van der Waals surface area contributed by atoms with Crippen molar-refractivity contribution in [2.24, 2.45) is 5.73 Å². The third-order valence-electron chi connectivity index (χ3n) is 4.34. The Labute approximate surface area is 137 Å². The highest BCUT2D eigenvalue weighted by molar-refractivity contribution is 5.85. The number of carbonyl (C=O) groups excluding carboxylic acids is 2. The van der Waals surface area contributed by atoms with E-state index in [4.69, 9.17) is 5.73 Å². The molecule has 4 N–H and O–H groups in total. The molecule has 0 saturated heterocycles. The van der Waals surface area contributed by atoms with E-state index in [-0.39, 0.29) is 30.4 Å². The lowest BCUT2D eigenvalue weighted by molar-refractivity contribution is -0.125. The van der Waals surface area contributed by atoms with Crippen LogP contribution in [-0.4, -0.2) is 48.4 Å². The van der Waals surface area contributed by atoms with Crippen LogP contribution in [0.1, 0.15) is 25.0 Å². The largest absolute Gasteiger partial charge is 0.353 e. The average molecular weight is 318 g/mol. The van der Waals surface area contributed by atoms with E-state index in [1.165, 1.54) is 11.1 Å². The summed E-state index contributed by atoms with van der Waals surface area (Å²) in [7, 11) is 0. The van der Waals surface area contributed by atoms with Crippen LogP contribution in [0.15, 0.2) is 24.3 Å². The third kappa shape index (κ3) is 4.77. The van der Waals surface area contributed by atoms with E-state index in [1.54, 1.807) is 0 Å². The third-order valence-corrected chi connectivity index (χ3v) is 4.34. The van der Waals surface area contributed by atoms with Gasteiger partial charge in [0.15, 0.2) is 0 Å². The summed E-state index contributed by atoms with van der Waals surface area (Å²) in [6.45, 7) is 6.51. The molecule has 2 rings (SSSR count). The Morgan fingerprint density at radius 2 is 1.87 bits per heavy atom. The maximum Gasteiger partial charge on any atom is 0.239 e. The van der Waals surface area contributed by atoms with Crippen LogP contribution in [0.3, 0.4) is 0 Å². The summed E-state index contributed by atoms with van der Waals surface area (Å²) in [5.41, 5.74) is 7.80. The predicted molar refractivity (Wildman–Crippen MR) is 89.7 cm³/mol. The fourth-order valence-electron chi connectivity index (χ4n) is 2.75. The van der Waals surface area contributed by atoms with E-state index >= 15 is 0 Å². The van der Waals surface area contributed by atoms with Crippen molar-refractivity contribution in [2.45, 2.75) is 32.4 Å². The average Bonchev–Trinajstić information content (AvgIpc) is 2.57. The van der Waals surface area contributed by atoms with Gasteiger partial charge in [-0.3, -0.25) is 14.5 Å². The normalized spacial score (nSPS) is 14.9. The molecule has 0 aliphatic carbocycles. The second kappa shape index (κ2) is 7.57. The first-order chi connectivity index (χ1) is 10.9. The van der Waals surface area contributed by atoms with Crippen molar-refractivity contribution in [3.05, 3.63) is 35.4 Å². The fourth-order valence-corrected chi connectivity index (χ4v) is 2.75. The van der Waals surface area contributed by atoms with Crippen molar-refractivity contribution in [2.75, 3.05) is 26.2 Å². The van der Waals surface area contributed by atoms with Gasteiger partial charge in [0.25, 0.3) is 0 Å². The summed E-state index contributed by atoms with van der Waals surface area (Å²) >= 11 is 0. The van der Waals surface area contributed by atoms with Crippen LogP contribution in [-0.2, 0) is 22.6 Å². The van der Waals surface area contributed by atoms with Gasteiger partial charge in [0.2, 0.25) is 11.8 Å². The number of amides is 2. The van der Waals surface area contributed by atoms with Crippen molar-refractivity contribution >= 4 is 11.8 Å². The maximum atomic E-state index is 11.8. The summed E-state index contributed by atoms with van der Waals surface area (Å²) in [4.78, 5) is 25.2. The molecule has 6 heteroatoms. The molecule has 1 aliphatic heterocycles. The van der Waals surface area contributed by atoms with E-state index < -0.39 is 0 Å². The summed E-state index contributed by atoms with van der Waals surface area (Å²) in [5.74, 6) is -0.524. The van der Waals surface area contributed by atoms with Gasteiger partial charge in [-0.1, -0.05) is 24.3 Å². The molecule has 0 aromatic heterocycles. The zero-order valence-electron chi connectivity index (χ0n) is 13.9. The van der Waals surface area contributed by atoms with Gasteiger partial charge in [-0.25, -0.2) is 0 Å². The number of rotatable bonds is 6. The van der Waals surface area contributed by atoms with Gasteiger partial charge >= 0.3 is 0 Å². The zero-order valence-corrected chi connectivity index (χ0v) is 13.9. The molecule has 0 atom stereocenters. The number of carbonyl (C=O) groups is 2. The SMILES string of the molecule is CC(C)(CNC(=O)CNC(=O)CN)N1CCc2ccccc2C1. The number of nitrogens with two attached hydrogens (primary N) is 1. The first-order valence-corrected chi connectivity index (χ1v) is 7.97. The number of fused-ring (bicyclic) bond motifs is 1. The molecule has 0 fully saturated rings. The molecule has 0 bridgehead atoms. The lowest BCUT2D eigenvalue weighted by Gasteiger charge is -2.41. The highest BCUT2D eigenvalue weighted by Gasteiger charge is 2.29. The Kier molecular flexibility index (Phi) is 5.74. The Bertz CT molecular complexity index is 571. The first kappa shape index (κ1) is 17.4. The zero-order chi connectivity index (χ0) is 16.9. The van der Waals surface area contributed by atoms with Crippen molar-refractivity contribution in [3.63, 3.8) is 0 Å². The van der Waals surface area contributed by atoms with Crippen LogP contribution in [0.25, 0.3) is 0 Å². The predicted octanol–water partition coefficient (Wildman–Crippen LogP) is 0.0144. The fraction of sp³-hybridized carbons (Fsp3) is 0.529.